The van der Waals surface area contributed by atoms with Crippen molar-refractivity contribution in [3.8, 4) is 0 Å². The number of nitrogens with one attached hydrogen (secondary N) is 2. The van der Waals surface area contributed by atoms with Crippen molar-refractivity contribution < 1.29 is 4.79 Å². The van der Waals surface area contributed by atoms with Gasteiger partial charge in [0.2, 0.25) is 5.91 Å². The molecule has 0 fully saturated rings. The predicted octanol–water partition coefficient (Wildman–Crippen LogP) is 2.37. The fourth-order valence-electron chi connectivity index (χ4n) is 1.98. The average molecular weight is 369 g/mol. The van der Waals surface area contributed by atoms with Gasteiger partial charge < -0.3 is 15.5 Å². The lowest BCUT2D eigenvalue weighted by atomic mass is 10.2. The molecule has 0 aliphatic carbocycles. The third-order valence-electron chi connectivity index (χ3n) is 3.15. The van der Waals surface area contributed by atoms with Gasteiger partial charge in [-0.1, -0.05) is 41.1 Å². The lowest BCUT2D eigenvalue weighted by Crippen LogP contribution is -2.40. The molecule has 0 saturated carbocycles. The van der Waals surface area contributed by atoms with Crippen LogP contribution < -0.4 is 10.6 Å². The Labute approximate surface area is 141 Å². The Hall–Kier alpha value is -1.56. The average Bonchev–Trinajstić information content (AvgIpc) is 2.51. The van der Waals surface area contributed by atoms with Crippen LogP contribution in [0.3, 0.4) is 0 Å². The molecule has 0 spiro atoms. The van der Waals surface area contributed by atoms with E-state index in [-0.39, 0.29) is 5.91 Å². The van der Waals surface area contributed by atoms with E-state index in [1.165, 1.54) is 5.56 Å². The quantitative estimate of drug-likeness (QED) is 0.573. The van der Waals surface area contributed by atoms with E-state index in [4.69, 9.17) is 0 Å². The molecule has 1 amide bonds. The summed E-state index contributed by atoms with van der Waals surface area (Å²) in [6.45, 7) is 4.08. The second-order valence-electron chi connectivity index (χ2n) is 5.02. The van der Waals surface area contributed by atoms with Crippen molar-refractivity contribution in [2.75, 3.05) is 27.2 Å². The molecular weight excluding hydrogens is 344 g/mol. The van der Waals surface area contributed by atoms with Crippen LogP contribution in [0.4, 0.5) is 0 Å². The minimum absolute atomic E-state index is 0.0678. The number of guanidine groups is 1. The third kappa shape index (κ3) is 6.47. The molecule has 0 saturated heterocycles. The van der Waals surface area contributed by atoms with Crippen LogP contribution >= 0.6 is 15.9 Å². The van der Waals surface area contributed by atoms with Crippen LogP contribution in [0.15, 0.2) is 33.7 Å². The molecular formula is C16H25BrN4O. The standard InChI is InChI=1S/C16H25BrN4O/c1-4-10-19-15(22)9-11-20-16(18-2)21(3)12-13-7-5-6-8-14(13)17/h5-8H,4,9-12H2,1-3H3,(H,18,20)(H,19,22). The molecule has 22 heavy (non-hydrogen) atoms. The molecule has 0 atom stereocenters. The fraction of sp³-hybridized carbons (Fsp3) is 0.500. The molecule has 122 valence electrons. The number of hydrogen-bond donors (Lipinski definition) is 2. The summed E-state index contributed by atoms with van der Waals surface area (Å²) in [5, 5.41) is 6.08. The van der Waals surface area contributed by atoms with Gasteiger partial charge in [-0.2, -0.15) is 0 Å². The van der Waals surface area contributed by atoms with Gasteiger partial charge in [-0.3, -0.25) is 9.79 Å². The maximum absolute atomic E-state index is 11.6. The topological polar surface area (TPSA) is 56.7 Å². The summed E-state index contributed by atoms with van der Waals surface area (Å²) in [5.41, 5.74) is 1.19. The summed E-state index contributed by atoms with van der Waals surface area (Å²) in [6, 6.07) is 8.11. The van der Waals surface area contributed by atoms with Gasteiger partial charge in [-0.25, -0.2) is 0 Å². The van der Waals surface area contributed by atoms with Gasteiger partial charge >= 0.3 is 0 Å². The minimum atomic E-state index is 0.0678. The van der Waals surface area contributed by atoms with E-state index < -0.39 is 0 Å². The highest BCUT2D eigenvalue weighted by Gasteiger charge is 2.09. The van der Waals surface area contributed by atoms with Crippen LogP contribution in [0.2, 0.25) is 0 Å². The highest BCUT2D eigenvalue weighted by molar-refractivity contribution is 9.10. The number of rotatable bonds is 7. The first-order valence-electron chi connectivity index (χ1n) is 7.50. The van der Waals surface area contributed by atoms with Crippen molar-refractivity contribution in [1.29, 1.82) is 0 Å². The maximum atomic E-state index is 11.6. The van der Waals surface area contributed by atoms with Crippen molar-refractivity contribution in [3.63, 3.8) is 0 Å². The molecule has 5 nitrogen and oxygen atoms in total. The first kappa shape index (κ1) is 18.5. The van der Waals surface area contributed by atoms with Crippen LogP contribution in [0, 0.1) is 0 Å². The highest BCUT2D eigenvalue weighted by Crippen LogP contribution is 2.17. The normalized spacial score (nSPS) is 11.2. The molecule has 0 aromatic heterocycles. The smallest absolute Gasteiger partial charge is 0.221 e. The Morgan fingerprint density at radius 2 is 2.00 bits per heavy atom. The van der Waals surface area contributed by atoms with E-state index in [0.29, 0.717) is 13.0 Å². The zero-order valence-corrected chi connectivity index (χ0v) is 15.1. The van der Waals surface area contributed by atoms with E-state index in [0.717, 1.165) is 29.9 Å². The summed E-state index contributed by atoms with van der Waals surface area (Å²) < 4.78 is 1.08. The number of hydrogen-bond acceptors (Lipinski definition) is 2. The molecule has 0 radical (unpaired) electrons. The lowest BCUT2D eigenvalue weighted by Gasteiger charge is -2.22. The molecule has 6 heteroatoms. The fourth-order valence-corrected chi connectivity index (χ4v) is 2.39. The second kappa shape index (κ2) is 10.2. The number of aliphatic imine (C=N–C) groups is 1. The van der Waals surface area contributed by atoms with Crippen molar-refractivity contribution in [2.45, 2.75) is 26.3 Å². The summed E-state index contributed by atoms with van der Waals surface area (Å²) in [5.74, 6) is 0.845. The molecule has 1 aromatic rings. The van der Waals surface area contributed by atoms with Gasteiger partial charge in [0.1, 0.15) is 0 Å². The Bertz CT molecular complexity index is 505. The molecule has 0 aliphatic heterocycles. The Morgan fingerprint density at radius 1 is 1.27 bits per heavy atom. The number of amides is 1. The molecule has 0 bridgehead atoms. The van der Waals surface area contributed by atoms with Crippen LogP contribution in [0.1, 0.15) is 25.3 Å². The Balaban J connectivity index is 2.44. The van der Waals surface area contributed by atoms with E-state index in [1.54, 1.807) is 7.05 Å². The van der Waals surface area contributed by atoms with Crippen LogP contribution in [0.25, 0.3) is 0 Å². The largest absolute Gasteiger partial charge is 0.356 e. The van der Waals surface area contributed by atoms with Crippen molar-refractivity contribution in [1.82, 2.24) is 15.5 Å². The van der Waals surface area contributed by atoms with Crippen LogP contribution in [-0.4, -0.2) is 44.0 Å². The molecule has 2 N–H and O–H groups in total. The van der Waals surface area contributed by atoms with Crippen molar-refractivity contribution in [2.24, 2.45) is 4.99 Å². The first-order chi connectivity index (χ1) is 10.6. The Kier molecular flexibility index (Phi) is 8.58. The highest BCUT2D eigenvalue weighted by atomic mass is 79.9. The summed E-state index contributed by atoms with van der Waals surface area (Å²) in [7, 11) is 3.72. The van der Waals surface area contributed by atoms with E-state index >= 15 is 0 Å². The minimum Gasteiger partial charge on any atom is -0.356 e. The van der Waals surface area contributed by atoms with Gasteiger partial charge in [0, 0.05) is 44.6 Å². The number of carbonyl (C=O) groups is 1. The van der Waals surface area contributed by atoms with E-state index in [1.807, 2.05) is 37.1 Å². The van der Waals surface area contributed by atoms with Crippen LogP contribution in [-0.2, 0) is 11.3 Å². The van der Waals surface area contributed by atoms with Gasteiger partial charge in [-0.15, -0.1) is 0 Å². The lowest BCUT2D eigenvalue weighted by molar-refractivity contribution is -0.120. The number of benzene rings is 1. The van der Waals surface area contributed by atoms with Gasteiger partial charge in [0.25, 0.3) is 0 Å². The summed E-state index contributed by atoms with van der Waals surface area (Å²) >= 11 is 3.55. The van der Waals surface area contributed by atoms with E-state index in [9.17, 15) is 4.79 Å². The zero-order chi connectivity index (χ0) is 16.4. The van der Waals surface area contributed by atoms with Crippen molar-refractivity contribution >= 4 is 27.8 Å². The van der Waals surface area contributed by atoms with Crippen molar-refractivity contribution in [3.05, 3.63) is 34.3 Å². The molecule has 0 heterocycles. The molecule has 1 rings (SSSR count). The zero-order valence-electron chi connectivity index (χ0n) is 13.5. The van der Waals surface area contributed by atoms with Crippen LogP contribution in [0.5, 0.6) is 0 Å². The SMILES string of the molecule is CCCNC(=O)CCNC(=NC)N(C)Cc1ccccc1Br. The molecule has 1 aromatic carbocycles. The Morgan fingerprint density at radius 3 is 2.64 bits per heavy atom. The third-order valence-corrected chi connectivity index (χ3v) is 3.92. The maximum Gasteiger partial charge on any atom is 0.221 e. The summed E-state index contributed by atoms with van der Waals surface area (Å²) in [4.78, 5) is 17.9. The summed E-state index contributed by atoms with van der Waals surface area (Å²) in [6.07, 6.45) is 1.40. The van der Waals surface area contributed by atoms with Gasteiger partial charge in [-0.05, 0) is 18.1 Å². The molecule has 0 unspecified atom stereocenters. The number of nitrogens with zero attached hydrogens (tertiary/aromatic N) is 2. The van der Waals surface area contributed by atoms with Gasteiger partial charge in [0.05, 0.1) is 0 Å². The molecule has 0 aliphatic rings. The second-order valence-corrected chi connectivity index (χ2v) is 5.88. The first-order valence-corrected chi connectivity index (χ1v) is 8.29. The number of halogens is 1. The monoisotopic (exact) mass is 368 g/mol. The number of carbonyl (C=O) groups excluding carboxylic acids is 1. The van der Waals surface area contributed by atoms with Gasteiger partial charge in [0.15, 0.2) is 5.96 Å². The van der Waals surface area contributed by atoms with E-state index in [2.05, 4.69) is 37.6 Å². The predicted molar refractivity (Wildman–Crippen MR) is 94.9 cm³/mol.